The smallest absolute Gasteiger partial charge is 0.312 e. The van der Waals surface area contributed by atoms with Gasteiger partial charge in [0.25, 0.3) is 0 Å². The van der Waals surface area contributed by atoms with E-state index in [2.05, 4.69) is 41.5 Å². The predicted octanol–water partition coefficient (Wildman–Crippen LogP) is 4.96. The molecule has 0 aromatic rings. The van der Waals surface area contributed by atoms with Crippen molar-refractivity contribution < 1.29 is 9.53 Å². The summed E-state index contributed by atoms with van der Waals surface area (Å²) in [4.78, 5) is 12.3. The van der Waals surface area contributed by atoms with Crippen LogP contribution in [0.25, 0.3) is 0 Å². The summed E-state index contributed by atoms with van der Waals surface area (Å²) < 4.78 is 5.68. The Morgan fingerprint density at radius 3 is 1.44 bits per heavy atom. The van der Waals surface area contributed by atoms with Crippen molar-refractivity contribution in [1.29, 1.82) is 0 Å². The van der Waals surface area contributed by atoms with Gasteiger partial charge in [-0.2, -0.15) is 0 Å². The number of ether oxygens (including phenoxy) is 1. The highest BCUT2D eigenvalue weighted by atomic mass is 16.5. The molecule has 0 aliphatic carbocycles. The SMILES string of the molecule is CCC(CC)(CC)COC(=O)C(CC)(CC)CC. The molecule has 0 spiro atoms. The summed E-state index contributed by atoms with van der Waals surface area (Å²) in [7, 11) is 0. The van der Waals surface area contributed by atoms with Crippen LogP contribution in [0.1, 0.15) is 80.1 Å². The van der Waals surface area contributed by atoms with Crippen molar-refractivity contribution in [3.8, 4) is 0 Å². The Morgan fingerprint density at radius 1 is 0.778 bits per heavy atom. The highest BCUT2D eigenvalue weighted by molar-refractivity contribution is 5.76. The molecular formula is C16H32O2. The molecule has 2 nitrogen and oxygen atoms in total. The van der Waals surface area contributed by atoms with Crippen molar-refractivity contribution >= 4 is 5.97 Å². The van der Waals surface area contributed by atoms with Gasteiger partial charge in [-0.15, -0.1) is 0 Å². The van der Waals surface area contributed by atoms with Gasteiger partial charge >= 0.3 is 5.97 Å². The monoisotopic (exact) mass is 256 g/mol. The van der Waals surface area contributed by atoms with Crippen LogP contribution >= 0.6 is 0 Å². The molecule has 0 atom stereocenters. The third-order valence-corrected chi connectivity index (χ3v) is 5.22. The standard InChI is InChI=1S/C16H32O2/c1-7-15(8-2,9-3)13-18-14(17)16(10-4,11-5)12-6/h7-13H2,1-6H3. The summed E-state index contributed by atoms with van der Waals surface area (Å²) in [5, 5.41) is 0. The van der Waals surface area contributed by atoms with E-state index in [0.717, 1.165) is 38.5 Å². The Labute approximate surface area is 113 Å². The fourth-order valence-corrected chi connectivity index (χ4v) is 2.61. The summed E-state index contributed by atoms with van der Waals surface area (Å²) in [6, 6.07) is 0. The van der Waals surface area contributed by atoms with Gasteiger partial charge in [-0.1, -0.05) is 41.5 Å². The molecule has 0 fully saturated rings. The Kier molecular flexibility index (Phi) is 7.58. The second kappa shape index (κ2) is 7.81. The van der Waals surface area contributed by atoms with Crippen LogP contribution in [0.4, 0.5) is 0 Å². The van der Waals surface area contributed by atoms with Crippen LogP contribution in [-0.4, -0.2) is 12.6 Å². The number of carbonyl (C=O) groups excluding carboxylic acids is 1. The van der Waals surface area contributed by atoms with Gasteiger partial charge in [0.1, 0.15) is 0 Å². The van der Waals surface area contributed by atoms with E-state index in [1.54, 1.807) is 0 Å². The first-order valence-corrected chi connectivity index (χ1v) is 7.66. The molecule has 0 aromatic carbocycles. The van der Waals surface area contributed by atoms with E-state index in [-0.39, 0.29) is 16.8 Å². The molecule has 0 N–H and O–H groups in total. The topological polar surface area (TPSA) is 26.3 Å². The Hall–Kier alpha value is -0.530. The van der Waals surface area contributed by atoms with Crippen LogP contribution in [0.15, 0.2) is 0 Å². The molecule has 0 aromatic heterocycles. The molecule has 0 saturated carbocycles. The van der Waals surface area contributed by atoms with Crippen LogP contribution < -0.4 is 0 Å². The second-order valence-electron chi connectivity index (χ2n) is 5.48. The lowest BCUT2D eigenvalue weighted by molar-refractivity contribution is -0.161. The number of carbonyl (C=O) groups is 1. The third-order valence-electron chi connectivity index (χ3n) is 5.22. The maximum absolute atomic E-state index is 12.3. The summed E-state index contributed by atoms with van der Waals surface area (Å²) in [6.45, 7) is 13.4. The predicted molar refractivity (Wildman–Crippen MR) is 77.6 cm³/mol. The Bertz CT molecular complexity index is 221. The van der Waals surface area contributed by atoms with Crippen molar-refractivity contribution in [2.75, 3.05) is 6.61 Å². The largest absolute Gasteiger partial charge is 0.465 e. The van der Waals surface area contributed by atoms with Gasteiger partial charge in [0.2, 0.25) is 0 Å². The minimum atomic E-state index is -0.263. The van der Waals surface area contributed by atoms with E-state index in [0.29, 0.717) is 6.61 Å². The van der Waals surface area contributed by atoms with Crippen LogP contribution in [0, 0.1) is 10.8 Å². The highest BCUT2D eigenvalue weighted by Gasteiger charge is 2.36. The summed E-state index contributed by atoms with van der Waals surface area (Å²) >= 11 is 0. The lowest BCUT2D eigenvalue weighted by atomic mass is 9.79. The lowest BCUT2D eigenvalue weighted by Gasteiger charge is -2.33. The highest BCUT2D eigenvalue weighted by Crippen LogP contribution is 2.35. The quantitative estimate of drug-likeness (QED) is 0.545. The average Bonchev–Trinajstić information content (AvgIpc) is 2.43. The van der Waals surface area contributed by atoms with Crippen LogP contribution in [0.5, 0.6) is 0 Å². The molecular weight excluding hydrogens is 224 g/mol. The first kappa shape index (κ1) is 17.5. The van der Waals surface area contributed by atoms with Crippen LogP contribution in [0.3, 0.4) is 0 Å². The maximum Gasteiger partial charge on any atom is 0.312 e. The van der Waals surface area contributed by atoms with Gasteiger partial charge in [-0.25, -0.2) is 0 Å². The second-order valence-corrected chi connectivity index (χ2v) is 5.48. The molecule has 0 aliphatic rings. The molecule has 18 heavy (non-hydrogen) atoms. The van der Waals surface area contributed by atoms with Gasteiger partial charge in [0.05, 0.1) is 12.0 Å². The molecule has 0 unspecified atom stereocenters. The average molecular weight is 256 g/mol. The van der Waals surface area contributed by atoms with Gasteiger partial charge in [0.15, 0.2) is 0 Å². The fourth-order valence-electron chi connectivity index (χ4n) is 2.61. The van der Waals surface area contributed by atoms with E-state index in [1.807, 2.05) is 0 Å². The zero-order valence-corrected chi connectivity index (χ0v) is 13.3. The molecule has 108 valence electrons. The first-order valence-electron chi connectivity index (χ1n) is 7.66. The number of rotatable bonds is 9. The lowest BCUT2D eigenvalue weighted by Crippen LogP contribution is -2.35. The van der Waals surface area contributed by atoms with Crippen molar-refractivity contribution in [2.24, 2.45) is 10.8 Å². The molecule has 0 radical (unpaired) electrons. The van der Waals surface area contributed by atoms with Crippen molar-refractivity contribution in [2.45, 2.75) is 80.1 Å². The fraction of sp³-hybridized carbons (Fsp3) is 0.938. The van der Waals surface area contributed by atoms with E-state index in [4.69, 9.17) is 4.74 Å². The van der Waals surface area contributed by atoms with Crippen LogP contribution in [-0.2, 0) is 9.53 Å². The first-order chi connectivity index (χ1) is 8.49. The zero-order chi connectivity index (χ0) is 14.2. The summed E-state index contributed by atoms with van der Waals surface area (Å²) in [5.41, 5.74) is -0.0857. The number of hydrogen-bond donors (Lipinski definition) is 0. The van der Waals surface area contributed by atoms with E-state index < -0.39 is 0 Å². The van der Waals surface area contributed by atoms with Gasteiger partial charge < -0.3 is 4.74 Å². The third kappa shape index (κ3) is 3.73. The van der Waals surface area contributed by atoms with Gasteiger partial charge in [-0.3, -0.25) is 4.79 Å². The molecule has 2 heteroatoms. The summed E-state index contributed by atoms with van der Waals surface area (Å²) in [5.74, 6) is 0.00900. The molecule has 0 amide bonds. The van der Waals surface area contributed by atoms with E-state index in [1.165, 1.54) is 0 Å². The van der Waals surface area contributed by atoms with Crippen molar-refractivity contribution in [3.05, 3.63) is 0 Å². The Morgan fingerprint density at radius 2 is 1.17 bits per heavy atom. The number of hydrogen-bond acceptors (Lipinski definition) is 2. The molecule has 0 rings (SSSR count). The van der Waals surface area contributed by atoms with Gasteiger partial charge in [0, 0.05) is 5.41 Å². The van der Waals surface area contributed by atoms with Crippen molar-refractivity contribution in [3.63, 3.8) is 0 Å². The molecule has 0 aliphatic heterocycles. The van der Waals surface area contributed by atoms with E-state index >= 15 is 0 Å². The Balaban J connectivity index is 4.66. The summed E-state index contributed by atoms with van der Waals surface area (Å²) in [6.07, 6.45) is 5.84. The normalized spacial score (nSPS) is 12.6. The molecule has 0 saturated heterocycles. The minimum Gasteiger partial charge on any atom is -0.465 e. The molecule has 0 bridgehead atoms. The maximum atomic E-state index is 12.3. The minimum absolute atomic E-state index is 0.00900. The number of esters is 1. The zero-order valence-electron chi connectivity index (χ0n) is 13.3. The van der Waals surface area contributed by atoms with E-state index in [9.17, 15) is 4.79 Å². The van der Waals surface area contributed by atoms with Crippen LogP contribution in [0.2, 0.25) is 0 Å². The van der Waals surface area contributed by atoms with Crippen molar-refractivity contribution in [1.82, 2.24) is 0 Å². The van der Waals surface area contributed by atoms with Gasteiger partial charge in [-0.05, 0) is 38.5 Å². The molecule has 0 heterocycles.